The third-order valence-electron chi connectivity index (χ3n) is 7.97. The summed E-state index contributed by atoms with van der Waals surface area (Å²) in [7, 11) is 0. The van der Waals surface area contributed by atoms with E-state index in [1.54, 1.807) is 32.1 Å². The maximum absolute atomic E-state index is 13.3. The highest BCUT2D eigenvalue weighted by Gasteiger charge is 2.44. The number of aromatic nitrogens is 1. The van der Waals surface area contributed by atoms with Crippen LogP contribution in [0.3, 0.4) is 0 Å². The van der Waals surface area contributed by atoms with Crippen LogP contribution in [0.5, 0.6) is 0 Å². The van der Waals surface area contributed by atoms with Crippen molar-refractivity contribution in [3.05, 3.63) is 33.3 Å². The lowest BCUT2D eigenvalue weighted by atomic mass is 9.73. The third kappa shape index (κ3) is 6.69. The van der Waals surface area contributed by atoms with Crippen molar-refractivity contribution in [2.45, 2.75) is 92.5 Å². The smallest absolute Gasteiger partial charge is 0.309 e. The number of carbonyl (C=O) groups excluding carboxylic acids is 2. The second-order valence-corrected chi connectivity index (χ2v) is 12.3. The standard InChI is InChI=1S/C28H41NO5S/c1-15-8-9-23(16(2)11-21-14-35-19(5)29-21)34-25(31)13-24(30)28(6,7)27(33)18(4)26(32)17(3)10-20-12-22(15)20/h8,11,14,17-18,20,22-24,26,30,32H,9-10,12-13H2,1-7H3/t17-,18+,20?,22?,23-,24-,26-/m0/s1. The Hall–Kier alpha value is -1.83. The molecule has 1 aromatic rings. The molecule has 2 aliphatic rings. The second-order valence-electron chi connectivity index (χ2n) is 11.2. The summed E-state index contributed by atoms with van der Waals surface area (Å²) in [5.41, 5.74) is 1.81. The van der Waals surface area contributed by atoms with E-state index in [1.807, 2.05) is 32.2 Å². The Balaban J connectivity index is 1.89. The number of fused-ring (bicyclic) bond motifs is 1. The van der Waals surface area contributed by atoms with Gasteiger partial charge in [0.25, 0.3) is 0 Å². The van der Waals surface area contributed by atoms with E-state index in [1.165, 1.54) is 5.57 Å². The number of ketones is 1. The van der Waals surface area contributed by atoms with E-state index < -0.39 is 35.6 Å². The van der Waals surface area contributed by atoms with Crippen molar-refractivity contribution in [1.29, 1.82) is 0 Å². The Morgan fingerprint density at radius 1 is 1.20 bits per heavy atom. The fourth-order valence-corrected chi connectivity index (χ4v) is 5.82. The molecule has 1 aliphatic carbocycles. The first-order valence-electron chi connectivity index (χ1n) is 12.7. The molecule has 2 unspecified atom stereocenters. The molecule has 2 N–H and O–H groups in total. The van der Waals surface area contributed by atoms with E-state index in [-0.39, 0.29) is 18.1 Å². The molecule has 1 aliphatic heterocycles. The summed E-state index contributed by atoms with van der Waals surface area (Å²) in [4.78, 5) is 30.6. The van der Waals surface area contributed by atoms with Crippen LogP contribution in [-0.2, 0) is 14.3 Å². The molecule has 3 rings (SSSR count). The molecule has 35 heavy (non-hydrogen) atoms. The Morgan fingerprint density at radius 3 is 2.51 bits per heavy atom. The number of hydrogen-bond donors (Lipinski definition) is 2. The number of aryl methyl sites for hydroxylation is 1. The van der Waals surface area contributed by atoms with Crippen LogP contribution in [0.25, 0.3) is 6.08 Å². The molecular formula is C28H41NO5S. The minimum absolute atomic E-state index is 0.0259. The second kappa shape index (κ2) is 11.1. The fourth-order valence-electron chi connectivity index (χ4n) is 5.25. The molecule has 0 spiro atoms. The average molecular weight is 504 g/mol. The molecule has 0 radical (unpaired) electrons. The van der Waals surface area contributed by atoms with Gasteiger partial charge >= 0.3 is 5.97 Å². The molecule has 0 aromatic carbocycles. The lowest BCUT2D eigenvalue weighted by Crippen LogP contribution is -2.45. The van der Waals surface area contributed by atoms with Crippen LogP contribution in [0.4, 0.5) is 0 Å². The Kier molecular flexibility index (Phi) is 8.77. The maximum atomic E-state index is 13.3. The van der Waals surface area contributed by atoms with Crippen molar-refractivity contribution < 1.29 is 24.5 Å². The highest BCUT2D eigenvalue weighted by Crippen LogP contribution is 2.49. The van der Waals surface area contributed by atoms with Gasteiger partial charge in [0.15, 0.2) is 0 Å². The maximum Gasteiger partial charge on any atom is 0.309 e. The van der Waals surface area contributed by atoms with Crippen LogP contribution in [0.15, 0.2) is 22.6 Å². The summed E-state index contributed by atoms with van der Waals surface area (Å²) in [6.45, 7) is 13.0. The molecule has 1 aromatic heterocycles. The molecule has 6 nitrogen and oxygen atoms in total. The Morgan fingerprint density at radius 2 is 1.89 bits per heavy atom. The lowest BCUT2D eigenvalue weighted by molar-refractivity contribution is -0.154. The lowest BCUT2D eigenvalue weighted by Gasteiger charge is -2.34. The van der Waals surface area contributed by atoms with Crippen LogP contribution in [-0.4, -0.2) is 45.3 Å². The number of thiazole rings is 1. The van der Waals surface area contributed by atoms with Gasteiger partial charge in [-0.15, -0.1) is 11.3 Å². The van der Waals surface area contributed by atoms with Gasteiger partial charge in [-0.2, -0.15) is 0 Å². The normalized spacial score (nSPS) is 35.2. The van der Waals surface area contributed by atoms with Crippen LogP contribution in [0.2, 0.25) is 0 Å². The molecule has 194 valence electrons. The van der Waals surface area contributed by atoms with E-state index in [4.69, 9.17) is 4.74 Å². The minimum Gasteiger partial charge on any atom is -0.457 e. The van der Waals surface area contributed by atoms with Crippen LogP contribution < -0.4 is 0 Å². The van der Waals surface area contributed by atoms with E-state index >= 15 is 0 Å². The summed E-state index contributed by atoms with van der Waals surface area (Å²) in [6, 6.07) is 0. The van der Waals surface area contributed by atoms with Gasteiger partial charge in [0.1, 0.15) is 11.9 Å². The van der Waals surface area contributed by atoms with E-state index in [2.05, 4.69) is 18.0 Å². The predicted octanol–water partition coefficient (Wildman–Crippen LogP) is 5.12. The molecule has 2 heterocycles. The summed E-state index contributed by atoms with van der Waals surface area (Å²) >= 11 is 1.57. The number of esters is 1. The number of Topliss-reactive ketones (excluding diaryl/α,β-unsaturated/α-hetero) is 1. The minimum atomic E-state index is -1.21. The van der Waals surface area contributed by atoms with Crippen molar-refractivity contribution in [2.75, 3.05) is 0 Å². The first-order chi connectivity index (χ1) is 16.3. The van der Waals surface area contributed by atoms with Gasteiger partial charge in [0, 0.05) is 17.7 Å². The zero-order chi connectivity index (χ0) is 26.1. The zero-order valence-electron chi connectivity index (χ0n) is 22.1. The number of hydrogen-bond acceptors (Lipinski definition) is 7. The summed E-state index contributed by atoms with van der Waals surface area (Å²) in [5, 5.41) is 24.7. The topological polar surface area (TPSA) is 96.7 Å². The van der Waals surface area contributed by atoms with Gasteiger partial charge in [0.2, 0.25) is 0 Å². The highest BCUT2D eigenvalue weighted by atomic mass is 32.1. The average Bonchev–Trinajstić information content (AvgIpc) is 3.44. The fraction of sp³-hybridized carbons (Fsp3) is 0.679. The predicted molar refractivity (Wildman–Crippen MR) is 139 cm³/mol. The largest absolute Gasteiger partial charge is 0.457 e. The molecule has 0 saturated heterocycles. The van der Waals surface area contributed by atoms with E-state index in [9.17, 15) is 19.8 Å². The van der Waals surface area contributed by atoms with Gasteiger partial charge in [-0.3, -0.25) is 9.59 Å². The number of carbonyl (C=O) groups is 2. The van der Waals surface area contributed by atoms with Gasteiger partial charge in [0.05, 0.1) is 34.7 Å². The van der Waals surface area contributed by atoms with Crippen molar-refractivity contribution >= 4 is 29.2 Å². The number of nitrogens with zero attached hydrogens (tertiary/aromatic N) is 1. The Labute approximate surface area is 213 Å². The van der Waals surface area contributed by atoms with Gasteiger partial charge in [-0.25, -0.2) is 4.98 Å². The number of rotatable bonds is 2. The number of cyclic esters (lactones) is 1. The van der Waals surface area contributed by atoms with Crippen LogP contribution in [0.1, 0.15) is 77.9 Å². The molecule has 1 fully saturated rings. The molecular weight excluding hydrogens is 462 g/mol. The number of aliphatic hydroxyl groups is 2. The van der Waals surface area contributed by atoms with Crippen LogP contribution >= 0.6 is 11.3 Å². The van der Waals surface area contributed by atoms with E-state index in [0.717, 1.165) is 29.1 Å². The van der Waals surface area contributed by atoms with E-state index in [0.29, 0.717) is 18.3 Å². The molecule has 0 amide bonds. The summed E-state index contributed by atoms with van der Waals surface area (Å²) in [5.74, 6) is -0.494. The number of aliphatic hydroxyl groups excluding tert-OH is 2. The SMILES string of the molecule is CC1=CC[C@@H](C(C)=Cc2csc(C)n2)OC(=O)C[C@H](O)C(C)(C)C(=O)[C@H](C)[C@@H](O)[C@@H](C)CC2CC12. The number of allylic oxidation sites excluding steroid dienone is 1. The first kappa shape index (κ1) is 27.8. The summed E-state index contributed by atoms with van der Waals surface area (Å²) in [6.07, 6.45) is 3.81. The third-order valence-corrected chi connectivity index (χ3v) is 8.76. The van der Waals surface area contributed by atoms with Crippen molar-refractivity contribution in [3.8, 4) is 0 Å². The monoisotopic (exact) mass is 503 g/mol. The first-order valence-corrected chi connectivity index (χ1v) is 13.6. The van der Waals surface area contributed by atoms with Crippen molar-refractivity contribution in [3.63, 3.8) is 0 Å². The van der Waals surface area contributed by atoms with Crippen molar-refractivity contribution in [1.82, 2.24) is 4.98 Å². The van der Waals surface area contributed by atoms with Gasteiger partial charge in [-0.05, 0) is 63.0 Å². The Bertz CT molecular complexity index is 993. The number of ether oxygens (including phenoxy) is 1. The van der Waals surface area contributed by atoms with Gasteiger partial charge < -0.3 is 14.9 Å². The van der Waals surface area contributed by atoms with Gasteiger partial charge in [-0.1, -0.05) is 39.3 Å². The molecule has 7 heteroatoms. The van der Waals surface area contributed by atoms with Crippen molar-refractivity contribution in [2.24, 2.45) is 29.1 Å². The molecule has 0 bridgehead atoms. The summed E-state index contributed by atoms with van der Waals surface area (Å²) < 4.78 is 5.86. The molecule has 1 saturated carbocycles. The zero-order valence-corrected chi connectivity index (χ0v) is 22.9. The highest BCUT2D eigenvalue weighted by molar-refractivity contribution is 7.09. The molecule has 7 atom stereocenters. The quantitative estimate of drug-likeness (QED) is 0.429. The van der Waals surface area contributed by atoms with Crippen LogP contribution in [0, 0.1) is 36.0 Å².